The molecule has 0 bridgehead atoms. The minimum atomic E-state index is 0.641. The van der Waals surface area contributed by atoms with Gasteiger partial charge in [-0.1, -0.05) is 115 Å². The lowest BCUT2D eigenvalue weighted by atomic mass is 10.0. The normalized spacial score (nSPS) is 11.4. The molecule has 9 aromatic rings. The van der Waals surface area contributed by atoms with Gasteiger partial charge in [0.2, 0.25) is 0 Å². The first kappa shape index (κ1) is 27.2. The van der Waals surface area contributed by atoms with Crippen LogP contribution in [0.5, 0.6) is 0 Å². The molecule has 0 saturated carbocycles. The second-order valence-electron chi connectivity index (χ2n) is 11.4. The molecule has 0 aliphatic rings. The number of pyridine rings is 2. The van der Waals surface area contributed by atoms with Crippen LogP contribution in [0.2, 0.25) is 0 Å². The Morgan fingerprint density at radius 1 is 0.426 bits per heavy atom. The van der Waals surface area contributed by atoms with Crippen LogP contribution in [0, 0.1) is 0 Å². The van der Waals surface area contributed by atoms with Crippen molar-refractivity contribution in [1.82, 2.24) is 24.9 Å². The number of fused-ring (bicyclic) bond motifs is 4. The second kappa shape index (κ2) is 11.4. The highest BCUT2D eigenvalue weighted by atomic mass is 32.1. The standard InChI is InChI=1S/C41H25N5S/c1-3-10-27(11-4-1)38-44-39(28-12-5-2-6-13-28)46-40(45-38)31-16-7-15-29(24-31)30-19-20-32-33-21-22-35(43-41(33)47-36(32)25-30)34-18-8-14-26-17-9-23-42-37(26)34/h1-25H. The van der Waals surface area contributed by atoms with Gasteiger partial charge >= 0.3 is 0 Å². The summed E-state index contributed by atoms with van der Waals surface area (Å²) < 4.78 is 1.20. The molecular formula is C41H25N5S. The van der Waals surface area contributed by atoms with Crippen LogP contribution in [0.15, 0.2) is 152 Å². The highest BCUT2D eigenvalue weighted by Crippen LogP contribution is 2.38. The van der Waals surface area contributed by atoms with Gasteiger partial charge < -0.3 is 0 Å². The van der Waals surface area contributed by atoms with Gasteiger partial charge in [-0.2, -0.15) is 0 Å². The molecule has 0 spiro atoms. The molecule has 5 aromatic carbocycles. The zero-order valence-corrected chi connectivity index (χ0v) is 25.9. The van der Waals surface area contributed by atoms with E-state index < -0.39 is 0 Å². The summed E-state index contributed by atoms with van der Waals surface area (Å²) in [5, 5.41) is 3.48. The zero-order valence-electron chi connectivity index (χ0n) is 25.1. The number of thiophene rings is 1. The molecule has 0 aliphatic heterocycles. The SMILES string of the molecule is c1ccc(-c2nc(-c3ccccc3)nc(-c3cccc(-c4ccc5c(c4)sc4nc(-c6cccc7cccnc67)ccc45)c3)n2)cc1. The summed E-state index contributed by atoms with van der Waals surface area (Å²) in [6.07, 6.45) is 1.84. The van der Waals surface area contributed by atoms with Crippen molar-refractivity contribution in [3.63, 3.8) is 0 Å². The Morgan fingerprint density at radius 2 is 1.04 bits per heavy atom. The van der Waals surface area contributed by atoms with E-state index >= 15 is 0 Å². The van der Waals surface area contributed by atoms with Crippen molar-refractivity contribution in [2.75, 3.05) is 0 Å². The second-order valence-corrected chi connectivity index (χ2v) is 12.4. The van der Waals surface area contributed by atoms with Crippen molar-refractivity contribution in [3.05, 3.63) is 152 Å². The molecule has 0 fully saturated rings. The average Bonchev–Trinajstić information content (AvgIpc) is 3.52. The maximum Gasteiger partial charge on any atom is 0.164 e. The van der Waals surface area contributed by atoms with Gasteiger partial charge in [-0.15, -0.1) is 11.3 Å². The smallest absolute Gasteiger partial charge is 0.164 e. The van der Waals surface area contributed by atoms with E-state index in [0.29, 0.717) is 17.5 Å². The Kier molecular flexibility index (Phi) is 6.58. The number of hydrogen-bond acceptors (Lipinski definition) is 6. The third-order valence-electron chi connectivity index (χ3n) is 8.40. The average molecular weight is 620 g/mol. The van der Waals surface area contributed by atoms with Crippen LogP contribution in [-0.4, -0.2) is 24.9 Å². The van der Waals surface area contributed by atoms with Crippen LogP contribution in [0.1, 0.15) is 0 Å². The molecule has 6 heteroatoms. The van der Waals surface area contributed by atoms with Gasteiger partial charge in [0.25, 0.3) is 0 Å². The summed E-state index contributed by atoms with van der Waals surface area (Å²) in [5.41, 5.74) is 8.01. The van der Waals surface area contributed by atoms with Crippen molar-refractivity contribution < 1.29 is 0 Å². The highest BCUT2D eigenvalue weighted by Gasteiger charge is 2.15. The summed E-state index contributed by atoms with van der Waals surface area (Å²) in [5.74, 6) is 1.94. The van der Waals surface area contributed by atoms with Crippen LogP contribution < -0.4 is 0 Å². The molecule has 9 rings (SSSR count). The lowest BCUT2D eigenvalue weighted by Crippen LogP contribution is -2.00. The maximum absolute atomic E-state index is 5.11. The molecule has 0 N–H and O–H groups in total. The van der Waals surface area contributed by atoms with Gasteiger partial charge in [0.05, 0.1) is 11.2 Å². The Balaban J connectivity index is 1.11. The first-order valence-electron chi connectivity index (χ1n) is 15.4. The number of hydrogen-bond donors (Lipinski definition) is 0. The Hall–Kier alpha value is -6.11. The number of benzene rings is 5. The fourth-order valence-electron chi connectivity index (χ4n) is 6.07. The third kappa shape index (κ3) is 5.01. The van der Waals surface area contributed by atoms with Crippen LogP contribution in [0.4, 0.5) is 0 Å². The number of aromatic nitrogens is 5. The molecule has 0 radical (unpaired) electrons. The van der Waals surface area contributed by atoms with E-state index in [1.54, 1.807) is 11.3 Å². The first-order chi connectivity index (χ1) is 23.3. The largest absolute Gasteiger partial charge is 0.256 e. The van der Waals surface area contributed by atoms with E-state index in [9.17, 15) is 0 Å². The van der Waals surface area contributed by atoms with Crippen molar-refractivity contribution >= 4 is 42.5 Å². The lowest BCUT2D eigenvalue weighted by Gasteiger charge is -2.09. The van der Waals surface area contributed by atoms with Gasteiger partial charge in [0.1, 0.15) is 4.83 Å². The maximum atomic E-state index is 5.11. The molecule has 47 heavy (non-hydrogen) atoms. The van der Waals surface area contributed by atoms with Crippen LogP contribution in [0.3, 0.4) is 0 Å². The lowest BCUT2D eigenvalue weighted by molar-refractivity contribution is 1.07. The number of para-hydroxylation sites is 1. The van der Waals surface area contributed by atoms with Gasteiger partial charge in [-0.25, -0.2) is 19.9 Å². The molecule has 4 heterocycles. The number of nitrogens with zero attached hydrogens (tertiary/aromatic N) is 5. The van der Waals surface area contributed by atoms with E-state index in [0.717, 1.165) is 60.2 Å². The van der Waals surface area contributed by atoms with Crippen LogP contribution in [0.25, 0.3) is 87.8 Å². The molecule has 0 aliphatic carbocycles. The Morgan fingerprint density at radius 3 is 1.81 bits per heavy atom. The summed E-state index contributed by atoms with van der Waals surface area (Å²) in [6, 6.07) is 49.8. The van der Waals surface area contributed by atoms with E-state index in [2.05, 4.69) is 83.8 Å². The van der Waals surface area contributed by atoms with E-state index in [4.69, 9.17) is 19.9 Å². The summed E-state index contributed by atoms with van der Waals surface area (Å²) in [4.78, 5) is 25.5. The zero-order chi connectivity index (χ0) is 31.2. The highest BCUT2D eigenvalue weighted by molar-refractivity contribution is 7.25. The van der Waals surface area contributed by atoms with E-state index in [-0.39, 0.29) is 0 Å². The summed E-state index contributed by atoms with van der Waals surface area (Å²) >= 11 is 1.72. The molecule has 220 valence electrons. The summed E-state index contributed by atoms with van der Waals surface area (Å²) in [6.45, 7) is 0. The minimum Gasteiger partial charge on any atom is -0.256 e. The Bertz CT molecular complexity index is 2520. The van der Waals surface area contributed by atoms with Gasteiger partial charge in [-0.3, -0.25) is 4.98 Å². The predicted octanol–water partition coefficient (Wildman–Crippen LogP) is 10.5. The molecular weight excluding hydrogens is 595 g/mol. The molecule has 4 aromatic heterocycles. The topological polar surface area (TPSA) is 64.5 Å². The first-order valence-corrected chi connectivity index (χ1v) is 16.2. The van der Waals surface area contributed by atoms with Crippen molar-refractivity contribution in [2.24, 2.45) is 0 Å². The van der Waals surface area contributed by atoms with E-state index in [1.807, 2.05) is 72.9 Å². The Labute approximate surface area is 275 Å². The molecule has 0 amide bonds. The van der Waals surface area contributed by atoms with Crippen molar-refractivity contribution in [1.29, 1.82) is 0 Å². The molecule has 0 saturated heterocycles. The van der Waals surface area contributed by atoms with Crippen LogP contribution >= 0.6 is 11.3 Å². The fraction of sp³-hybridized carbons (Fsp3) is 0. The molecule has 0 unspecified atom stereocenters. The predicted molar refractivity (Wildman–Crippen MR) is 193 cm³/mol. The van der Waals surface area contributed by atoms with Crippen molar-refractivity contribution in [3.8, 4) is 56.5 Å². The van der Waals surface area contributed by atoms with Crippen LogP contribution in [-0.2, 0) is 0 Å². The monoisotopic (exact) mass is 619 g/mol. The van der Waals surface area contributed by atoms with E-state index in [1.165, 1.54) is 10.1 Å². The molecule has 5 nitrogen and oxygen atoms in total. The van der Waals surface area contributed by atoms with Crippen molar-refractivity contribution in [2.45, 2.75) is 0 Å². The fourth-order valence-corrected chi connectivity index (χ4v) is 7.19. The van der Waals surface area contributed by atoms with Gasteiger partial charge in [-0.05, 0) is 41.5 Å². The summed E-state index contributed by atoms with van der Waals surface area (Å²) in [7, 11) is 0. The van der Waals surface area contributed by atoms with Gasteiger partial charge in [0.15, 0.2) is 17.5 Å². The quantitative estimate of drug-likeness (QED) is 0.192. The minimum absolute atomic E-state index is 0.641. The third-order valence-corrected chi connectivity index (χ3v) is 9.46. The van der Waals surface area contributed by atoms with Gasteiger partial charge in [0, 0.05) is 49.3 Å². The number of rotatable bonds is 5. The molecule has 0 atom stereocenters.